The van der Waals surface area contributed by atoms with Gasteiger partial charge in [-0.2, -0.15) is 5.26 Å². The van der Waals surface area contributed by atoms with E-state index in [4.69, 9.17) is 10.00 Å². The van der Waals surface area contributed by atoms with Crippen molar-refractivity contribution in [2.75, 3.05) is 18.1 Å². The van der Waals surface area contributed by atoms with E-state index in [1.54, 1.807) is 4.90 Å². The molecule has 0 fully saturated rings. The Labute approximate surface area is 133 Å². The van der Waals surface area contributed by atoms with Crippen LogP contribution >= 0.6 is 15.9 Å². The number of hydrogen-bond donors (Lipinski definition) is 0. The van der Waals surface area contributed by atoms with Crippen LogP contribution in [0.25, 0.3) is 0 Å². The number of carbonyl (C=O) groups excluding carboxylic acids is 1. The van der Waals surface area contributed by atoms with Crippen LogP contribution < -0.4 is 9.64 Å². The van der Waals surface area contributed by atoms with Crippen LogP contribution in [0.4, 0.5) is 5.69 Å². The maximum Gasteiger partial charge on any atom is 0.265 e. The third-order valence-electron chi connectivity index (χ3n) is 3.60. The lowest BCUT2D eigenvalue weighted by Crippen LogP contribution is -2.39. The van der Waals surface area contributed by atoms with Crippen LogP contribution in [0, 0.1) is 16.7 Å². The Balaban J connectivity index is 1.99. The molecule has 0 saturated carbocycles. The summed E-state index contributed by atoms with van der Waals surface area (Å²) in [4.78, 5) is 13.8. The van der Waals surface area contributed by atoms with Gasteiger partial charge in [-0.05, 0) is 44.9 Å². The van der Waals surface area contributed by atoms with Gasteiger partial charge >= 0.3 is 0 Å². The number of nitriles is 1. The summed E-state index contributed by atoms with van der Waals surface area (Å²) < 4.78 is 6.37. The first kappa shape index (κ1) is 15.8. The Bertz CT molecular complexity index is 578. The molecule has 0 aliphatic carbocycles. The van der Waals surface area contributed by atoms with Gasteiger partial charge in [0.05, 0.1) is 17.2 Å². The van der Waals surface area contributed by atoms with Crippen molar-refractivity contribution in [3.8, 4) is 11.8 Å². The van der Waals surface area contributed by atoms with Crippen molar-refractivity contribution in [2.45, 2.75) is 33.1 Å². The number of hydrogen-bond acceptors (Lipinski definition) is 3. The Hall–Kier alpha value is -1.54. The summed E-state index contributed by atoms with van der Waals surface area (Å²) in [6.45, 7) is 4.64. The molecule has 1 aliphatic rings. The van der Waals surface area contributed by atoms with Gasteiger partial charge in [0.1, 0.15) is 5.75 Å². The number of anilines is 1. The van der Waals surface area contributed by atoms with E-state index in [0.717, 1.165) is 35.2 Å². The van der Waals surface area contributed by atoms with Gasteiger partial charge in [-0.3, -0.25) is 4.79 Å². The van der Waals surface area contributed by atoms with E-state index >= 15 is 0 Å². The lowest BCUT2D eigenvalue weighted by Gasteiger charge is -2.29. The molecular weight excluding hydrogens is 332 g/mol. The smallest absolute Gasteiger partial charge is 0.265 e. The summed E-state index contributed by atoms with van der Waals surface area (Å²) in [7, 11) is 0. The predicted octanol–water partition coefficient (Wildman–Crippen LogP) is 3.89. The molecule has 2 rings (SSSR count). The minimum atomic E-state index is -0.296. The van der Waals surface area contributed by atoms with E-state index in [0.29, 0.717) is 6.54 Å². The number of rotatable bonds is 5. The van der Waals surface area contributed by atoms with Crippen molar-refractivity contribution in [2.24, 2.45) is 5.41 Å². The van der Waals surface area contributed by atoms with E-state index in [-0.39, 0.29) is 17.9 Å². The first-order chi connectivity index (χ1) is 9.93. The van der Waals surface area contributed by atoms with Gasteiger partial charge in [0, 0.05) is 11.0 Å². The second kappa shape index (κ2) is 6.48. The Morgan fingerprint density at radius 1 is 1.43 bits per heavy atom. The Morgan fingerprint density at radius 2 is 2.19 bits per heavy atom. The van der Waals surface area contributed by atoms with Crippen molar-refractivity contribution in [3.05, 3.63) is 22.7 Å². The molecular formula is C16H19BrN2O2. The van der Waals surface area contributed by atoms with Crippen molar-refractivity contribution >= 4 is 27.5 Å². The fraction of sp³-hybridized carbons (Fsp3) is 0.500. The van der Waals surface area contributed by atoms with Crippen LogP contribution in [-0.2, 0) is 4.79 Å². The van der Waals surface area contributed by atoms with Gasteiger partial charge in [-0.25, -0.2) is 0 Å². The molecule has 0 aromatic heterocycles. The zero-order valence-corrected chi connectivity index (χ0v) is 13.9. The van der Waals surface area contributed by atoms with Crippen LogP contribution in [0.2, 0.25) is 0 Å². The summed E-state index contributed by atoms with van der Waals surface area (Å²) >= 11 is 3.43. The predicted molar refractivity (Wildman–Crippen MR) is 85.2 cm³/mol. The summed E-state index contributed by atoms with van der Waals surface area (Å²) in [6, 6.07) is 7.99. The molecule has 1 amide bonds. The van der Waals surface area contributed by atoms with Gasteiger partial charge in [-0.15, -0.1) is 0 Å². The minimum Gasteiger partial charge on any atom is -0.482 e. The van der Waals surface area contributed by atoms with Crippen molar-refractivity contribution in [3.63, 3.8) is 0 Å². The second-order valence-corrected chi connectivity index (χ2v) is 6.81. The van der Waals surface area contributed by atoms with Gasteiger partial charge < -0.3 is 9.64 Å². The van der Waals surface area contributed by atoms with E-state index in [9.17, 15) is 4.79 Å². The fourth-order valence-electron chi connectivity index (χ4n) is 2.31. The Kier molecular flexibility index (Phi) is 4.89. The number of fused-ring (bicyclic) bond motifs is 1. The molecule has 112 valence electrons. The average molecular weight is 351 g/mol. The van der Waals surface area contributed by atoms with Crippen molar-refractivity contribution < 1.29 is 9.53 Å². The fourth-order valence-corrected chi connectivity index (χ4v) is 2.66. The van der Waals surface area contributed by atoms with Crippen LogP contribution in [0.1, 0.15) is 33.1 Å². The standard InChI is InChI=1S/C16H19BrN2O2/c1-16(2,11-18)7-3-4-8-19-13-9-12(17)5-6-14(13)21-10-15(19)20/h5-6,9H,3-4,7-8,10H2,1-2H3. The quantitative estimate of drug-likeness (QED) is 0.756. The van der Waals surface area contributed by atoms with Crippen molar-refractivity contribution in [1.82, 2.24) is 0 Å². The van der Waals surface area contributed by atoms with Crippen LogP contribution in [0.3, 0.4) is 0 Å². The van der Waals surface area contributed by atoms with E-state index in [1.165, 1.54) is 0 Å². The molecule has 1 aromatic carbocycles. The summed E-state index contributed by atoms with van der Waals surface area (Å²) in [5.74, 6) is 0.732. The van der Waals surface area contributed by atoms with Gasteiger partial charge in [0.2, 0.25) is 0 Å². The largest absolute Gasteiger partial charge is 0.482 e. The first-order valence-corrected chi connectivity index (χ1v) is 7.86. The molecule has 0 saturated heterocycles. The number of amides is 1. The summed E-state index contributed by atoms with van der Waals surface area (Å²) in [6.07, 6.45) is 2.64. The highest BCUT2D eigenvalue weighted by Crippen LogP contribution is 2.34. The lowest BCUT2D eigenvalue weighted by molar-refractivity contribution is -0.121. The number of ether oxygens (including phenoxy) is 1. The number of benzene rings is 1. The summed E-state index contributed by atoms with van der Waals surface area (Å²) in [5, 5.41) is 9.01. The van der Waals surface area contributed by atoms with Gasteiger partial charge in [-0.1, -0.05) is 22.4 Å². The van der Waals surface area contributed by atoms with Crippen LogP contribution in [0.15, 0.2) is 22.7 Å². The normalized spacial score (nSPS) is 14.4. The molecule has 5 heteroatoms. The highest BCUT2D eigenvalue weighted by molar-refractivity contribution is 9.10. The van der Waals surface area contributed by atoms with E-state index in [2.05, 4.69) is 22.0 Å². The molecule has 1 heterocycles. The van der Waals surface area contributed by atoms with Gasteiger partial charge in [0.15, 0.2) is 6.61 Å². The van der Waals surface area contributed by atoms with Crippen LogP contribution in [0.5, 0.6) is 5.75 Å². The van der Waals surface area contributed by atoms with Crippen molar-refractivity contribution in [1.29, 1.82) is 5.26 Å². The molecule has 0 unspecified atom stereocenters. The zero-order chi connectivity index (χ0) is 15.5. The number of halogens is 1. The average Bonchev–Trinajstić information content (AvgIpc) is 2.45. The number of unbranched alkanes of at least 4 members (excludes halogenated alkanes) is 1. The SMILES string of the molecule is CC(C)(C#N)CCCCN1C(=O)COc2ccc(Br)cc21. The molecule has 0 N–H and O–H groups in total. The lowest BCUT2D eigenvalue weighted by atomic mass is 9.89. The molecule has 0 bridgehead atoms. The van der Waals surface area contributed by atoms with E-state index in [1.807, 2.05) is 32.0 Å². The second-order valence-electron chi connectivity index (χ2n) is 5.90. The van der Waals surface area contributed by atoms with E-state index < -0.39 is 0 Å². The highest BCUT2D eigenvalue weighted by Gasteiger charge is 2.25. The maximum atomic E-state index is 12.0. The maximum absolute atomic E-state index is 12.0. The highest BCUT2D eigenvalue weighted by atomic mass is 79.9. The van der Waals surface area contributed by atoms with Gasteiger partial charge in [0.25, 0.3) is 5.91 Å². The number of nitrogens with zero attached hydrogens (tertiary/aromatic N) is 2. The molecule has 0 atom stereocenters. The summed E-state index contributed by atoms with van der Waals surface area (Å²) in [5.41, 5.74) is 0.524. The molecule has 0 spiro atoms. The minimum absolute atomic E-state index is 0.0138. The zero-order valence-electron chi connectivity index (χ0n) is 12.4. The molecule has 21 heavy (non-hydrogen) atoms. The monoisotopic (exact) mass is 350 g/mol. The number of carbonyl (C=O) groups is 1. The third-order valence-corrected chi connectivity index (χ3v) is 4.09. The molecule has 0 radical (unpaired) electrons. The third kappa shape index (κ3) is 3.98. The first-order valence-electron chi connectivity index (χ1n) is 7.07. The Morgan fingerprint density at radius 3 is 2.90 bits per heavy atom. The molecule has 1 aromatic rings. The molecule has 4 nitrogen and oxygen atoms in total. The topological polar surface area (TPSA) is 53.3 Å². The van der Waals surface area contributed by atoms with Crippen LogP contribution in [-0.4, -0.2) is 19.1 Å². The molecule has 1 aliphatic heterocycles.